The molecule has 4 atom stereocenters. The summed E-state index contributed by atoms with van der Waals surface area (Å²) in [5.41, 5.74) is 8.92. The molecule has 0 aromatic carbocycles. The maximum Gasteiger partial charge on any atom is 0.357 e. The number of azide groups is 1. The van der Waals surface area contributed by atoms with Crippen LogP contribution < -0.4 is 0 Å². The minimum Gasteiger partial charge on any atom is -0.464 e. The minimum absolute atomic E-state index is 0.0345. The van der Waals surface area contributed by atoms with Crippen LogP contribution in [0.15, 0.2) is 10.5 Å². The van der Waals surface area contributed by atoms with Gasteiger partial charge in [-0.05, 0) is 29.7 Å². The van der Waals surface area contributed by atoms with Crippen LogP contribution in [0.5, 0.6) is 0 Å². The molecule has 27 heavy (non-hydrogen) atoms. The molecule has 9 heteroatoms. The number of aliphatic hydroxyl groups is 1. The van der Waals surface area contributed by atoms with Crippen LogP contribution >= 0.6 is 11.3 Å². The number of methoxy groups -OCH3 is 1. The van der Waals surface area contributed by atoms with Gasteiger partial charge in [-0.1, -0.05) is 39.2 Å². The zero-order chi connectivity index (χ0) is 20.6. The Morgan fingerprint density at radius 1 is 1.41 bits per heavy atom. The molecule has 8 nitrogen and oxygen atoms in total. The Morgan fingerprint density at radius 3 is 2.59 bits per heavy atom. The molecule has 1 N–H and O–H groups in total. The van der Waals surface area contributed by atoms with Gasteiger partial charge in [0, 0.05) is 16.7 Å². The Balaban J connectivity index is 2.86. The Hall–Kier alpha value is -1.96. The van der Waals surface area contributed by atoms with Gasteiger partial charge in [-0.25, -0.2) is 9.78 Å². The highest BCUT2D eigenvalue weighted by atomic mass is 32.1. The zero-order valence-corrected chi connectivity index (χ0v) is 17.3. The van der Waals surface area contributed by atoms with E-state index in [1.807, 2.05) is 27.7 Å². The minimum atomic E-state index is -0.880. The molecule has 0 radical (unpaired) electrons. The highest BCUT2D eigenvalue weighted by Gasteiger charge is 2.29. The van der Waals surface area contributed by atoms with Crippen molar-refractivity contribution in [1.29, 1.82) is 0 Å². The summed E-state index contributed by atoms with van der Waals surface area (Å²) in [6.07, 6.45) is 0.411. The van der Waals surface area contributed by atoms with E-state index in [4.69, 9.17) is 5.53 Å². The smallest absolute Gasteiger partial charge is 0.357 e. The van der Waals surface area contributed by atoms with Crippen molar-refractivity contribution in [3.8, 4) is 0 Å². The summed E-state index contributed by atoms with van der Waals surface area (Å²) >= 11 is 1.18. The number of hydrogen-bond acceptors (Lipinski definition) is 7. The first-order chi connectivity index (χ1) is 12.7. The van der Waals surface area contributed by atoms with Crippen LogP contribution in [0.3, 0.4) is 0 Å². The standard InChI is InChI=1S/C18H28N4O4S/c1-6-11(4)16(21-22-19)14(23)7-12(10(2)3)8-15(24)17-20-13(9-27-17)18(25)26-5/h9-12,15-16,24H,6-8H2,1-5H3/t11-,12+,15+,16?/m0/s1. The second-order valence-corrected chi connectivity index (χ2v) is 7.91. The van der Waals surface area contributed by atoms with E-state index < -0.39 is 18.1 Å². The second-order valence-electron chi connectivity index (χ2n) is 7.02. The number of aliphatic hydroxyl groups excluding tert-OH is 1. The largest absolute Gasteiger partial charge is 0.464 e. The molecule has 1 aromatic heterocycles. The fraction of sp³-hybridized carbons (Fsp3) is 0.722. The Bertz CT molecular complexity index is 685. The van der Waals surface area contributed by atoms with Gasteiger partial charge in [0.2, 0.25) is 0 Å². The first-order valence-corrected chi connectivity index (χ1v) is 9.91. The molecule has 150 valence electrons. The molecule has 0 saturated heterocycles. The molecule has 0 bridgehead atoms. The van der Waals surface area contributed by atoms with Crippen molar-refractivity contribution in [2.45, 2.75) is 59.1 Å². The number of thiazole rings is 1. The van der Waals surface area contributed by atoms with Crippen molar-refractivity contribution in [2.75, 3.05) is 7.11 Å². The lowest BCUT2D eigenvalue weighted by Crippen LogP contribution is -2.29. The third-order valence-electron chi connectivity index (χ3n) is 4.82. The van der Waals surface area contributed by atoms with E-state index in [0.29, 0.717) is 11.4 Å². The number of aromatic nitrogens is 1. The number of carbonyl (C=O) groups excluding carboxylic acids is 2. The highest BCUT2D eigenvalue weighted by Crippen LogP contribution is 2.31. The van der Waals surface area contributed by atoms with Crippen molar-refractivity contribution in [2.24, 2.45) is 22.9 Å². The average molecular weight is 397 g/mol. The fourth-order valence-electron chi connectivity index (χ4n) is 2.77. The average Bonchev–Trinajstić information content (AvgIpc) is 3.14. The van der Waals surface area contributed by atoms with Gasteiger partial charge in [0.05, 0.1) is 13.2 Å². The summed E-state index contributed by atoms with van der Waals surface area (Å²) in [4.78, 5) is 31.1. The quantitative estimate of drug-likeness (QED) is 0.258. The third kappa shape index (κ3) is 6.61. The summed E-state index contributed by atoms with van der Waals surface area (Å²) in [7, 11) is 1.27. The summed E-state index contributed by atoms with van der Waals surface area (Å²) in [6, 6.07) is -0.691. The number of Topliss-reactive ketones (excluding diaryl/α,β-unsaturated/α-hetero) is 1. The number of ketones is 1. The molecule has 1 rings (SSSR count). The number of rotatable bonds is 11. The maximum absolute atomic E-state index is 12.7. The molecule has 0 saturated carbocycles. The van der Waals surface area contributed by atoms with E-state index in [2.05, 4.69) is 19.7 Å². The Labute approximate surface area is 163 Å². The van der Waals surface area contributed by atoms with Gasteiger partial charge in [-0.15, -0.1) is 11.3 Å². The lowest BCUT2D eigenvalue weighted by molar-refractivity contribution is -0.122. The normalized spacial score (nSPS) is 15.5. The van der Waals surface area contributed by atoms with Crippen LogP contribution in [0.1, 0.15) is 68.6 Å². The molecule has 0 aliphatic carbocycles. The van der Waals surface area contributed by atoms with E-state index in [9.17, 15) is 14.7 Å². The monoisotopic (exact) mass is 396 g/mol. The molecule has 0 spiro atoms. The molecule has 0 aliphatic heterocycles. The topological polar surface area (TPSA) is 125 Å². The van der Waals surface area contributed by atoms with Gasteiger partial charge in [0.25, 0.3) is 0 Å². The SMILES string of the molecule is CC[C@H](C)C(N=[N+]=[N-])C(=O)C[C@H](C[C@@H](O)c1nc(C(=O)OC)cs1)C(C)C. The van der Waals surface area contributed by atoms with Crippen molar-refractivity contribution >= 4 is 23.1 Å². The highest BCUT2D eigenvalue weighted by molar-refractivity contribution is 7.09. The zero-order valence-electron chi connectivity index (χ0n) is 16.5. The first-order valence-electron chi connectivity index (χ1n) is 9.03. The van der Waals surface area contributed by atoms with Crippen molar-refractivity contribution < 1.29 is 19.4 Å². The van der Waals surface area contributed by atoms with Gasteiger partial charge < -0.3 is 9.84 Å². The maximum atomic E-state index is 12.7. The van der Waals surface area contributed by atoms with Crippen LogP contribution in [0, 0.1) is 17.8 Å². The summed E-state index contributed by atoms with van der Waals surface area (Å²) in [5, 5.41) is 16.2. The summed E-state index contributed by atoms with van der Waals surface area (Å²) in [5.74, 6) is -0.646. The van der Waals surface area contributed by atoms with Crippen molar-refractivity contribution in [1.82, 2.24) is 4.98 Å². The Morgan fingerprint density at radius 2 is 2.07 bits per heavy atom. The molecule has 0 aliphatic rings. The van der Waals surface area contributed by atoms with Crippen LogP contribution in [-0.4, -0.2) is 35.0 Å². The molecule has 1 aromatic rings. The van der Waals surface area contributed by atoms with Gasteiger partial charge in [0.1, 0.15) is 16.9 Å². The number of ether oxygens (including phenoxy) is 1. The lowest BCUT2D eigenvalue weighted by Gasteiger charge is -2.25. The van der Waals surface area contributed by atoms with E-state index in [1.165, 1.54) is 18.4 Å². The molecule has 0 fully saturated rings. The van der Waals surface area contributed by atoms with Gasteiger partial charge in [-0.2, -0.15) is 0 Å². The first kappa shape index (κ1) is 23.1. The molecule has 1 unspecified atom stereocenters. The molecule has 0 amide bonds. The van der Waals surface area contributed by atoms with Gasteiger partial charge in [-0.3, -0.25) is 4.79 Å². The van der Waals surface area contributed by atoms with Crippen LogP contribution in [-0.2, 0) is 9.53 Å². The van der Waals surface area contributed by atoms with E-state index in [-0.39, 0.29) is 35.7 Å². The van der Waals surface area contributed by atoms with E-state index in [0.717, 1.165) is 6.42 Å². The number of nitrogens with zero attached hydrogens (tertiary/aromatic N) is 4. The van der Waals surface area contributed by atoms with Gasteiger partial charge in [0.15, 0.2) is 5.69 Å². The van der Waals surface area contributed by atoms with E-state index >= 15 is 0 Å². The summed E-state index contributed by atoms with van der Waals surface area (Å²) < 4.78 is 4.62. The van der Waals surface area contributed by atoms with Gasteiger partial charge >= 0.3 is 5.97 Å². The lowest BCUT2D eigenvalue weighted by atomic mass is 9.82. The third-order valence-corrected chi connectivity index (χ3v) is 5.77. The number of hydrogen-bond donors (Lipinski definition) is 1. The Kier molecular flexibility index (Phi) is 9.41. The van der Waals surface area contributed by atoms with Crippen molar-refractivity contribution in [3.05, 3.63) is 26.5 Å². The van der Waals surface area contributed by atoms with E-state index in [1.54, 1.807) is 5.38 Å². The molecular weight excluding hydrogens is 368 g/mol. The molecular formula is C18H28N4O4S. The predicted molar refractivity (Wildman–Crippen MR) is 103 cm³/mol. The number of carbonyl (C=O) groups is 2. The number of esters is 1. The van der Waals surface area contributed by atoms with Crippen LogP contribution in [0.4, 0.5) is 0 Å². The summed E-state index contributed by atoms with van der Waals surface area (Å²) in [6.45, 7) is 7.81. The second kappa shape index (κ2) is 11.0. The van der Waals surface area contributed by atoms with Crippen LogP contribution in [0.2, 0.25) is 0 Å². The van der Waals surface area contributed by atoms with Crippen LogP contribution in [0.25, 0.3) is 10.4 Å². The predicted octanol–water partition coefficient (Wildman–Crippen LogP) is 4.31. The fourth-order valence-corrected chi connectivity index (χ4v) is 3.56. The van der Waals surface area contributed by atoms with Crippen molar-refractivity contribution in [3.63, 3.8) is 0 Å². The molecule has 1 heterocycles.